The number of aliphatic hydroxyl groups is 1. The fourth-order valence-electron chi connectivity index (χ4n) is 1.55. The Bertz CT molecular complexity index is 698. The molecule has 1 N–H and O–H groups in total. The molecular formula is C11H16ClNO5S2. The minimum absolute atomic E-state index is 0.0742. The highest BCUT2D eigenvalue weighted by Crippen LogP contribution is 2.27. The summed E-state index contributed by atoms with van der Waals surface area (Å²) in [5.41, 5.74) is 0. The van der Waals surface area contributed by atoms with Crippen molar-refractivity contribution in [1.82, 2.24) is 4.31 Å². The number of likely N-dealkylation sites (N-methyl/N-ethyl adjacent to an activating group) is 1. The highest BCUT2D eigenvalue weighted by atomic mass is 35.5. The van der Waals surface area contributed by atoms with E-state index in [1.54, 1.807) is 0 Å². The maximum absolute atomic E-state index is 12.3. The lowest BCUT2D eigenvalue weighted by Crippen LogP contribution is -2.33. The number of sulfonamides is 1. The van der Waals surface area contributed by atoms with Gasteiger partial charge in [-0.2, -0.15) is 4.31 Å². The molecule has 1 aromatic rings. The minimum Gasteiger partial charge on any atom is -0.392 e. The second-order valence-electron chi connectivity index (χ2n) is 4.50. The maximum atomic E-state index is 12.3. The molecule has 20 heavy (non-hydrogen) atoms. The Balaban J connectivity index is 3.38. The second kappa shape index (κ2) is 5.98. The van der Waals surface area contributed by atoms with Crippen LogP contribution in [-0.2, 0) is 19.9 Å². The number of aliphatic hydroxyl groups excluding tert-OH is 1. The molecule has 0 bridgehead atoms. The third-order valence-corrected chi connectivity index (χ3v) is 5.96. The average Bonchev–Trinajstić information content (AvgIpc) is 2.26. The van der Waals surface area contributed by atoms with E-state index in [0.717, 1.165) is 16.6 Å². The molecule has 0 aliphatic rings. The van der Waals surface area contributed by atoms with Gasteiger partial charge in [-0.25, -0.2) is 16.8 Å². The molecule has 114 valence electrons. The first-order valence-electron chi connectivity index (χ1n) is 5.60. The van der Waals surface area contributed by atoms with Gasteiger partial charge < -0.3 is 5.11 Å². The van der Waals surface area contributed by atoms with Crippen molar-refractivity contribution in [3.63, 3.8) is 0 Å². The third kappa shape index (κ3) is 3.92. The van der Waals surface area contributed by atoms with Crippen molar-refractivity contribution >= 4 is 31.5 Å². The summed E-state index contributed by atoms with van der Waals surface area (Å²) < 4.78 is 48.5. The lowest BCUT2D eigenvalue weighted by molar-refractivity contribution is 0.171. The van der Waals surface area contributed by atoms with Crippen LogP contribution >= 0.6 is 11.6 Å². The fourth-order valence-corrected chi connectivity index (χ4v) is 4.02. The van der Waals surface area contributed by atoms with Crippen LogP contribution in [-0.4, -0.2) is 52.2 Å². The molecule has 1 unspecified atom stereocenters. The predicted octanol–water partition coefficient (Wildman–Crippen LogP) is 0.745. The van der Waals surface area contributed by atoms with E-state index in [2.05, 4.69) is 0 Å². The zero-order valence-corrected chi connectivity index (χ0v) is 13.6. The summed E-state index contributed by atoms with van der Waals surface area (Å²) in [6, 6.07) is 3.48. The smallest absolute Gasteiger partial charge is 0.244 e. The van der Waals surface area contributed by atoms with Crippen LogP contribution in [0.3, 0.4) is 0 Å². The summed E-state index contributed by atoms with van der Waals surface area (Å²) >= 11 is 5.85. The molecule has 1 aromatic carbocycles. The van der Waals surface area contributed by atoms with Crippen molar-refractivity contribution in [2.45, 2.75) is 22.8 Å². The number of hydrogen-bond donors (Lipinski definition) is 1. The Morgan fingerprint density at radius 3 is 2.30 bits per heavy atom. The minimum atomic E-state index is -3.97. The van der Waals surface area contributed by atoms with Crippen LogP contribution in [0.15, 0.2) is 28.0 Å². The summed E-state index contributed by atoms with van der Waals surface area (Å²) in [5.74, 6) is 0. The van der Waals surface area contributed by atoms with E-state index in [-0.39, 0.29) is 21.4 Å². The van der Waals surface area contributed by atoms with Gasteiger partial charge in [-0.3, -0.25) is 0 Å². The summed E-state index contributed by atoms with van der Waals surface area (Å²) in [6.45, 7) is 1.32. The Morgan fingerprint density at radius 2 is 1.85 bits per heavy atom. The first kappa shape index (κ1) is 17.4. The van der Waals surface area contributed by atoms with Gasteiger partial charge in [0.2, 0.25) is 10.0 Å². The Kier molecular flexibility index (Phi) is 5.20. The summed E-state index contributed by atoms with van der Waals surface area (Å²) in [7, 11) is -6.23. The van der Waals surface area contributed by atoms with Crippen LogP contribution in [0.5, 0.6) is 0 Å². The number of nitrogens with zero attached hydrogens (tertiary/aromatic N) is 1. The average molecular weight is 342 g/mol. The van der Waals surface area contributed by atoms with E-state index < -0.39 is 26.0 Å². The molecule has 0 spiro atoms. The molecule has 0 saturated heterocycles. The number of hydrogen-bond acceptors (Lipinski definition) is 5. The number of sulfone groups is 1. The van der Waals surface area contributed by atoms with Crippen molar-refractivity contribution < 1.29 is 21.9 Å². The van der Waals surface area contributed by atoms with Crippen LogP contribution in [0, 0.1) is 0 Å². The predicted molar refractivity (Wildman–Crippen MR) is 76.1 cm³/mol. The van der Waals surface area contributed by atoms with Gasteiger partial charge in [-0.15, -0.1) is 0 Å². The fraction of sp³-hybridized carbons (Fsp3) is 0.455. The Morgan fingerprint density at radius 1 is 1.30 bits per heavy atom. The number of halogens is 1. The normalized spacial score (nSPS) is 14.5. The van der Waals surface area contributed by atoms with Gasteiger partial charge in [0.15, 0.2) is 9.84 Å². The highest BCUT2D eigenvalue weighted by Gasteiger charge is 2.26. The van der Waals surface area contributed by atoms with Gasteiger partial charge in [0, 0.05) is 19.8 Å². The van der Waals surface area contributed by atoms with Gasteiger partial charge in [-0.05, 0) is 25.1 Å². The molecule has 1 rings (SSSR count). The molecule has 0 fully saturated rings. The standard InChI is InChI=1S/C11H16ClNO5S2/c1-8(14)7-13(2)20(17,18)11-6-9(19(3,15)16)4-5-10(11)12/h4-6,8,14H,7H2,1-3H3. The monoisotopic (exact) mass is 341 g/mol. The molecule has 6 nitrogen and oxygen atoms in total. The van der Waals surface area contributed by atoms with Crippen LogP contribution in [0.2, 0.25) is 5.02 Å². The van der Waals surface area contributed by atoms with E-state index in [4.69, 9.17) is 11.6 Å². The van der Waals surface area contributed by atoms with Crippen molar-refractivity contribution in [1.29, 1.82) is 0 Å². The van der Waals surface area contributed by atoms with Crippen molar-refractivity contribution in [3.8, 4) is 0 Å². The largest absolute Gasteiger partial charge is 0.392 e. The summed E-state index contributed by atoms with van der Waals surface area (Å²) in [4.78, 5) is -0.434. The van der Waals surface area contributed by atoms with Crippen molar-refractivity contribution in [2.75, 3.05) is 19.8 Å². The maximum Gasteiger partial charge on any atom is 0.244 e. The quantitative estimate of drug-likeness (QED) is 0.853. The van der Waals surface area contributed by atoms with Crippen LogP contribution in [0.1, 0.15) is 6.92 Å². The second-order valence-corrected chi connectivity index (χ2v) is 8.94. The van der Waals surface area contributed by atoms with Crippen LogP contribution in [0.25, 0.3) is 0 Å². The first-order chi connectivity index (χ1) is 8.96. The molecule has 0 aliphatic heterocycles. The highest BCUT2D eigenvalue weighted by molar-refractivity contribution is 7.91. The SMILES string of the molecule is CC(O)CN(C)S(=O)(=O)c1cc(S(C)(=O)=O)ccc1Cl. The van der Waals surface area contributed by atoms with Crippen LogP contribution < -0.4 is 0 Å². The van der Waals surface area contributed by atoms with E-state index in [9.17, 15) is 21.9 Å². The van der Waals surface area contributed by atoms with Gasteiger partial charge >= 0.3 is 0 Å². The lowest BCUT2D eigenvalue weighted by atomic mass is 10.4. The van der Waals surface area contributed by atoms with Crippen LogP contribution in [0.4, 0.5) is 0 Å². The Hall–Kier alpha value is -0.670. The van der Waals surface area contributed by atoms with E-state index in [1.807, 2.05) is 0 Å². The number of rotatable bonds is 5. The Labute approximate surface area is 123 Å². The zero-order valence-electron chi connectivity index (χ0n) is 11.2. The molecule has 0 heterocycles. The lowest BCUT2D eigenvalue weighted by Gasteiger charge is -2.19. The molecule has 9 heteroatoms. The molecule has 0 saturated carbocycles. The molecule has 0 radical (unpaired) electrons. The van der Waals surface area contributed by atoms with Gasteiger partial charge in [0.25, 0.3) is 0 Å². The number of benzene rings is 1. The molecular weight excluding hydrogens is 326 g/mol. The van der Waals surface area contributed by atoms with Crippen molar-refractivity contribution in [3.05, 3.63) is 23.2 Å². The van der Waals surface area contributed by atoms with Gasteiger partial charge in [0.1, 0.15) is 4.90 Å². The van der Waals surface area contributed by atoms with Gasteiger partial charge in [-0.1, -0.05) is 11.6 Å². The first-order valence-corrected chi connectivity index (χ1v) is 9.31. The molecule has 0 aliphatic carbocycles. The van der Waals surface area contributed by atoms with Gasteiger partial charge in [0.05, 0.1) is 16.0 Å². The zero-order chi connectivity index (χ0) is 15.7. The van der Waals surface area contributed by atoms with E-state index >= 15 is 0 Å². The molecule has 0 aromatic heterocycles. The summed E-state index contributed by atoms with van der Waals surface area (Å²) in [5, 5.41) is 9.18. The topological polar surface area (TPSA) is 91.8 Å². The summed E-state index contributed by atoms with van der Waals surface area (Å²) in [6.07, 6.45) is 0.123. The molecule has 0 amide bonds. The van der Waals surface area contributed by atoms with Crippen molar-refractivity contribution in [2.24, 2.45) is 0 Å². The molecule has 1 atom stereocenters. The van der Waals surface area contributed by atoms with E-state index in [1.165, 1.54) is 26.1 Å². The van der Waals surface area contributed by atoms with E-state index in [0.29, 0.717) is 0 Å². The third-order valence-electron chi connectivity index (χ3n) is 2.54.